The van der Waals surface area contributed by atoms with Crippen LogP contribution in [0.25, 0.3) is 0 Å². The predicted molar refractivity (Wildman–Crippen MR) is 92.7 cm³/mol. The van der Waals surface area contributed by atoms with E-state index in [4.69, 9.17) is 8.85 Å². The molecule has 0 saturated heterocycles. The molecule has 122 valence electrons. The lowest BCUT2D eigenvalue weighted by atomic mass is 10.5. The van der Waals surface area contributed by atoms with Crippen LogP contribution in [-0.4, -0.2) is 93.2 Å². The van der Waals surface area contributed by atoms with Gasteiger partial charge in [0.2, 0.25) is 15.7 Å². The number of hydrogen-bond donors (Lipinski definition) is 0. The van der Waals surface area contributed by atoms with E-state index < -0.39 is 15.7 Å². The molecule has 0 unspecified atom stereocenters. The summed E-state index contributed by atoms with van der Waals surface area (Å²) in [6.45, 7) is 13.1. The Hall–Kier alpha value is 0.274. The van der Waals surface area contributed by atoms with Crippen LogP contribution in [-0.2, 0) is 8.85 Å². The summed E-state index contributed by atoms with van der Waals surface area (Å²) >= 11 is 0. The van der Waals surface area contributed by atoms with Crippen LogP contribution in [0.15, 0.2) is 0 Å². The van der Waals surface area contributed by atoms with E-state index in [1.54, 1.807) is 0 Å². The second-order valence-electron chi connectivity index (χ2n) is 8.75. The van der Waals surface area contributed by atoms with Gasteiger partial charge in [0.25, 0.3) is 0 Å². The minimum atomic E-state index is -1.73. The van der Waals surface area contributed by atoms with E-state index in [9.17, 15) is 0 Å². The molecule has 0 N–H and O–H groups in total. The summed E-state index contributed by atoms with van der Waals surface area (Å²) in [5, 5.41) is 0. The second kappa shape index (κ2) is 7.02. The number of nitrogens with zero attached hydrogens (tertiary/aromatic N) is 2. The molecule has 0 heterocycles. The third-order valence-corrected chi connectivity index (χ3v) is 18.2. The van der Waals surface area contributed by atoms with Crippen LogP contribution in [0, 0.1) is 0 Å². The standard InChI is InChI=1S/C14H38N2O2Si2/c1-15(2,3)11-13-17-19(7,8)20(9,10)18-14-12-16(4,5)6/h11-14H2,1-10H3/q+2. The summed E-state index contributed by atoms with van der Waals surface area (Å²) in [7, 11) is 9.78. The summed E-state index contributed by atoms with van der Waals surface area (Å²) in [6, 6.07) is 0. The summed E-state index contributed by atoms with van der Waals surface area (Å²) in [5.41, 5.74) is 0. The molecule has 6 heteroatoms. The molecule has 0 amide bonds. The highest BCUT2D eigenvalue weighted by molar-refractivity contribution is 7.35. The first-order valence-electron chi connectivity index (χ1n) is 7.55. The second-order valence-corrected chi connectivity index (χ2v) is 22.6. The zero-order valence-electron chi connectivity index (χ0n) is 15.5. The Bertz CT molecular complexity index is 265. The van der Waals surface area contributed by atoms with Gasteiger partial charge in [-0.25, -0.2) is 0 Å². The molecule has 0 atom stereocenters. The van der Waals surface area contributed by atoms with Gasteiger partial charge in [-0.2, -0.15) is 0 Å². The SMILES string of the molecule is C[N+](C)(C)CCO[Si](C)(C)[Si](C)(C)OCC[N+](C)(C)C. The third kappa shape index (κ3) is 8.54. The van der Waals surface area contributed by atoms with E-state index in [2.05, 4.69) is 68.5 Å². The van der Waals surface area contributed by atoms with Crippen LogP contribution in [0.3, 0.4) is 0 Å². The average Bonchev–Trinajstić information content (AvgIpc) is 2.11. The largest absolute Gasteiger partial charge is 0.411 e. The van der Waals surface area contributed by atoms with Crippen molar-refractivity contribution in [1.29, 1.82) is 0 Å². The topological polar surface area (TPSA) is 18.5 Å². The van der Waals surface area contributed by atoms with Crippen molar-refractivity contribution in [2.24, 2.45) is 0 Å². The molecule has 0 radical (unpaired) electrons. The van der Waals surface area contributed by atoms with Crippen LogP contribution < -0.4 is 0 Å². The molecular formula is C14H38N2O2Si2+2. The van der Waals surface area contributed by atoms with Gasteiger partial charge in [0, 0.05) is 0 Å². The number of quaternary nitrogens is 2. The zero-order chi connectivity index (χ0) is 16.2. The van der Waals surface area contributed by atoms with Crippen LogP contribution in [0.4, 0.5) is 0 Å². The lowest BCUT2D eigenvalue weighted by Gasteiger charge is -2.38. The van der Waals surface area contributed by atoms with Crippen molar-refractivity contribution in [3.63, 3.8) is 0 Å². The van der Waals surface area contributed by atoms with Crippen LogP contribution in [0.1, 0.15) is 0 Å². The smallest absolute Gasteiger partial charge is 0.205 e. The van der Waals surface area contributed by atoms with Crippen molar-refractivity contribution in [3.05, 3.63) is 0 Å². The summed E-state index contributed by atoms with van der Waals surface area (Å²) < 4.78 is 14.5. The fourth-order valence-electron chi connectivity index (χ4n) is 1.50. The summed E-state index contributed by atoms with van der Waals surface area (Å²) in [5.74, 6) is 0. The molecular weight excluding hydrogens is 284 g/mol. The molecule has 0 rings (SSSR count). The van der Waals surface area contributed by atoms with Gasteiger partial charge < -0.3 is 17.8 Å². The van der Waals surface area contributed by atoms with Crippen molar-refractivity contribution < 1.29 is 17.8 Å². The third-order valence-electron chi connectivity index (χ3n) is 3.90. The molecule has 20 heavy (non-hydrogen) atoms. The van der Waals surface area contributed by atoms with Gasteiger partial charge in [0.05, 0.1) is 55.5 Å². The quantitative estimate of drug-likeness (QED) is 0.477. The van der Waals surface area contributed by atoms with Crippen molar-refractivity contribution in [1.82, 2.24) is 0 Å². The van der Waals surface area contributed by atoms with E-state index in [1.807, 2.05) is 0 Å². The van der Waals surface area contributed by atoms with E-state index in [1.165, 1.54) is 0 Å². The highest BCUT2D eigenvalue weighted by atomic mass is 29.3. The Morgan fingerprint density at radius 2 is 0.850 bits per heavy atom. The normalized spacial score (nSPS) is 14.7. The first-order chi connectivity index (χ1) is 8.66. The van der Waals surface area contributed by atoms with Gasteiger partial charge in [-0.3, -0.25) is 0 Å². The molecule has 0 aliphatic rings. The van der Waals surface area contributed by atoms with Gasteiger partial charge in [-0.05, 0) is 26.2 Å². The average molecular weight is 323 g/mol. The van der Waals surface area contributed by atoms with Gasteiger partial charge in [-0.15, -0.1) is 0 Å². The van der Waals surface area contributed by atoms with Gasteiger partial charge >= 0.3 is 0 Å². The molecule has 0 saturated carbocycles. The predicted octanol–water partition coefficient (Wildman–Crippen LogP) is 1.92. The molecule has 0 aromatic carbocycles. The zero-order valence-corrected chi connectivity index (χ0v) is 17.5. The number of rotatable bonds is 9. The maximum absolute atomic E-state index is 6.31. The highest BCUT2D eigenvalue weighted by Gasteiger charge is 2.45. The Morgan fingerprint density at radius 3 is 1.05 bits per heavy atom. The van der Waals surface area contributed by atoms with Crippen molar-refractivity contribution in [2.75, 3.05) is 68.6 Å². The van der Waals surface area contributed by atoms with Crippen molar-refractivity contribution in [3.8, 4) is 0 Å². The summed E-state index contributed by atoms with van der Waals surface area (Å²) in [6.07, 6.45) is 0. The molecule has 0 aromatic rings. The molecule has 0 fully saturated rings. The van der Waals surface area contributed by atoms with Gasteiger partial charge in [-0.1, -0.05) is 0 Å². The Morgan fingerprint density at radius 1 is 0.600 bits per heavy atom. The van der Waals surface area contributed by atoms with Crippen LogP contribution >= 0.6 is 0 Å². The first-order valence-corrected chi connectivity index (χ1v) is 14.4. The molecule has 0 aliphatic carbocycles. The Balaban J connectivity index is 4.34. The lowest BCUT2D eigenvalue weighted by Crippen LogP contribution is -2.60. The van der Waals surface area contributed by atoms with Gasteiger partial charge in [0.1, 0.15) is 13.1 Å². The first kappa shape index (κ1) is 20.3. The Kier molecular flexibility index (Phi) is 7.12. The molecule has 0 spiro atoms. The molecule has 0 bridgehead atoms. The van der Waals surface area contributed by atoms with E-state index in [0.717, 1.165) is 35.3 Å². The maximum Gasteiger partial charge on any atom is 0.205 e. The maximum atomic E-state index is 6.31. The van der Waals surface area contributed by atoms with Crippen LogP contribution in [0.2, 0.25) is 26.2 Å². The fraction of sp³-hybridized carbons (Fsp3) is 1.00. The number of likely N-dealkylation sites (N-methyl/N-ethyl adjacent to an activating group) is 2. The van der Waals surface area contributed by atoms with E-state index in [-0.39, 0.29) is 0 Å². The lowest BCUT2D eigenvalue weighted by molar-refractivity contribution is -0.870. The molecule has 0 aliphatic heterocycles. The van der Waals surface area contributed by atoms with Crippen LogP contribution in [0.5, 0.6) is 0 Å². The summed E-state index contributed by atoms with van der Waals surface area (Å²) in [4.78, 5) is 0. The van der Waals surface area contributed by atoms with E-state index in [0.29, 0.717) is 0 Å². The van der Waals surface area contributed by atoms with E-state index >= 15 is 0 Å². The number of hydrogen-bond acceptors (Lipinski definition) is 2. The van der Waals surface area contributed by atoms with Gasteiger partial charge in [0.15, 0.2) is 0 Å². The minimum Gasteiger partial charge on any atom is -0.411 e. The van der Waals surface area contributed by atoms with Crippen molar-refractivity contribution >= 4 is 15.7 Å². The monoisotopic (exact) mass is 322 g/mol. The Labute approximate surface area is 128 Å². The molecule has 4 nitrogen and oxygen atoms in total. The minimum absolute atomic E-state index is 0.845. The van der Waals surface area contributed by atoms with Crippen molar-refractivity contribution in [2.45, 2.75) is 26.2 Å². The molecule has 0 aromatic heterocycles. The highest BCUT2D eigenvalue weighted by Crippen LogP contribution is 2.21. The fourth-order valence-corrected chi connectivity index (χ4v) is 6.09.